The third-order valence-electron chi connectivity index (χ3n) is 3.77. The Labute approximate surface area is 171 Å². The van der Waals surface area contributed by atoms with Gasteiger partial charge in [-0.2, -0.15) is 5.10 Å². The highest BCUT2D eigenvalue weighted by molar-refractivity contribution is 14.0. The standard InChI is InChI=1S/C17H24ClN5O.HI/c1-12-16(13(2)23(4)22-12)11-21-17(19-3)20-8-9-24-15-7-5-6-14(18)10-15;/h5-7,10H,8-9,11H2,1-4H3,(H2,19,20,21);1H. The lowest BCUT2D eigenvalue weighted by atomic mass is 10.2. The summed E-state index contributed by atoms with van der Waals surface area (Å²) in [5, 5.41) is 11.6. The number of hydrogen-bond acceptors (Lipinski definition) is 3. The van der Waals surface area contributed by atoms with Crippen LogP contribution in [0.15, 0.2) is 29.3 Å². The first-order valence-electron chi connectivity index (χ1n) is 7.83. The van der Waals surface area contributed by atoms with Crippen LogP contribution in [0.4, 0.5) is 0 Å². The van der Waals surface area contributed by atoms with Crippen molar-refractivity contribution in [1.29, 1.82) is 0 Å². The van der Waals surface area contributed by atoms with E-state index in [4.69, 9.17) is 16.3 Å². The number of halogens is 2. The summed E-state index contributed by atoms with van der Waals surface area (Å²) in [5.41, 5.74) is 3.37. The van der Waals surface area contributed by atoms with Crippen molar-refractivity contribution in [2.45, 2.75) is 20.4 Å². The Morgan fingerprint density at radius 1 is 1.32 bits per heavy atom. The highest BCUT2D eigenvalue weighted by atomic mass is 127. The normalized spacial score (nSPS) is 11.0. The Bertz CT molecular complexity index is 717. The molecule has 0 amide bonds. The van der Waals surface area contributed by atoms with E-state index in [0.717, 1.165) is 23.1 Å². The van der Waals surface area contributed by atoms with E-state index in [-0.39, 0.29) is 24.0 Å². The number of aromatic nitrogens is 2. The minimum Gasteiger partial charge on any atom is -0.492 e. The fraction of sp³-hybridized carbons (Fsp3) is 0.412. The second-order valence-electron chi connectivity index (χ2n) is 5.43. The van der Waals surface area contributed by atoms with Crippen molar-refractivity contribution in [3.63, 3.8) is 0 Å². The molecule has 2 N–H and O–H groups in total. The van der Waals surface area contributed by atoms with Crippen LogP contribution < -0.4 is 15.4 Å². The third kappa shape index (κ3) is 6.39. The minimum absolute atomic E-state index is 0. The SMILES string of the molecule is CN=C(NCCOc1cccc(Cl)c1)NCc1c(C)nn(C)c1C.I. The van der Waals surface area contributed by atoms with Crippen LogP contribution in [-0.2, 0) is 13.6 Å². The minimum atomic E-state index is 0. The second-order valence-corrected chi connectivity index (χ2v) is 5.87. The van der Waals surface area contributed by atoms with Crippen LogP contribution in [0.2, 0.25) is 5.02 Å². The number of rotatable bonds is 6. The van der Waals surface area contributed by atoms with Crippen LogP contribution in [0.5, 0.6) is 5.75 Å². The van der Waals surface area contributed by atoms with Gasteiger partial charge in [0.05, 0.1) is 12.2 Å². The zero-order chi connectivity index (χ0) is 17.5. The summed E-state index contributed by atoms with van der Waals surface area (Å²) >= 11 is 5.93. The van der Waals surface area contributed by atoms with E-state index >= 15 is 0 Å². The van der Waals surface area contributed by atoms with E-state index in [1.165, 1.54) is 5.56 Å². The van der Waals surface area contributed by atoms with Gasteiger partial charge >= 0.3 is 0 Å². The van der Waals surface area contributed by atoms with Crippen LogP contribution in [0.1, 0.15) is 17.0 Å². The van der Waals surface area contributed by atoms with Gasteiger partial charge in [-0.3, -0.25) is 9.67 Å². The Morgan fingerprint density at radius 2 is 2.08 bits per heavy atom. The van der Waals surface area contributed by atoms with Crippen molar-refractivity contribution < 1.29 is 4.74 Å². The van der Waals surface area contributed by atoms with Gasteiger partial charge in [0.25, 0.3) is 0 Å². The molecule has 1 aromatic carbocycles. The summed E-state index contributed by atoms with van der Waals surface area (Å²) in [6, 6.07) is 7.36. The average molecular weight is 478 g/mol. The number of ether oxygens (including phenoxy) is 1. The van der Waals surface area contributed by atoms with Gasteiger partial charge in [-0.15, -0.1) is 24.0 Å². The Kier molecular flexibility index (Phi) is 9.05. The van der Waals surface area contributed by atoms with E-state index in [9.17, 15) is 0 Å². The molecule has 6 nitrogen and oxygen atoms in total. The van der Waals surface area contributed by atoms with Gasteiger partial charge in [-0.05, 0) is 32.0 Å². The molecule has 0 bridgehead atoms. The maximum Gasteiger partial charge on any atom is 0.191 e. The molecule has 2 rings (SSSR count). The molecule has 0 spiro atoms. The predicted octanol–water partition coefficient (Wildman–Crippen LogP) is 3.05. The highest BCUT2D eigenvalue weighted by Gasteiger charge is 2.09. The quantitative estimate of drug-likeness (QED) is 0.291. The average Bonchev–Trinajstić information content (AvgIpc) is 2.80. The van der Waals surface area contributed by atoms with Crippen molar-refractivity contribution in [2.75, 3.05) is 20.2 Å². The van der Waals surface area contributed by atoms with Crippen LogP contribution in [0.3, 0.4) is 0 Å². The van der Waals surface area contributed by atoms with Crippen molar-refractivity contribution in [2.24, 2.45) is 12.0 Å². The lowest BCUT2D eigenvalue weighted by Gasteiger charge is -2.13. The molecule has 0 unspecified atom stereocenters. The molecule has 1 aromatic heterocycles. The molecular weight excluding hydrogens is 453 g/mol. The van der Waals surface area contributed by atoms with E-state index in [1.807, 2.05) is 36.9 Å². The van der Waals surface area contributed by atoms with Gasteiger partial charge < -0.3 is 15.4 Å². The molecule has 0 radical (unpaired) electrons. The molecule has 0 atom stereocenters. The predicted molar refractivity (Wildman–Crippen MR) is 113 cm³/mol. The number of aliphatic imine (C=N–C) groups is 1. The van der Waals surface area contributed by atoms with Crippen LogP contribution in [-0.4, -0.2) is 35.9 Å². The van der Waals surface area contributed by atoms with E-state index in [1.54, 1.807) is 13.1 Å². The number of aryl methyl sites for hydroxylation is 2. The largest absolute Gasteiger partial charge is 0.492 e. The summed E-state index contributed by atoms with van der Waals surface area (Å²) in [6.45, 7) is 5.91. The Morgan fingerprint density at radius 3 is 2.68 bits per heavy atom. The Balaban J connectivity index is 0.00000312. The lowest BCUT2D eigenvalue weighted by molar-refractivity contribution is 0.322. The van der Waals surface area contributed by atoms with Gasteiger partial charge in [0.2, 0.25) is 0 Å². The number of guanidine groups is 1. The number of hydrogen-bond donors (Lipinski definition) is 2. The molecule has 0 saturated heterocycles. The maximum atomic E-state index is 5.93. The first-order chi connectivity index (χ1) is 11.5. The second kappa shape index (κ2) is 10.5. The van der Waals surface area contributed by atoms with Crippen molar-refractivity contribution >= 4 is 41.5 Å². The van der Waals surface area contributed by atoms with E-state index in [2.05, 4.69) is 27.6 Å². The van der Waals surface area contributed by atoms with E-state index in [0.29, 0.717) is 24.7 Å². The summed E-state index contributed by atoms with van der Waals surface area (Å²) in [5.74, 6) is 1.49. The third-order valence-corrected chi connectivity index (χ3v) is 4.01. The number of nitrogens with one attached hydrogen (secondary N) is 2. The first-order valence-corrected chi connectivity index (χ1v) is 8.21. The van der Waals surface area contributed by atoms with Gasteiger partial charge in [-0.1, -0.05) is 17.7 Å². The molecule has 0 aliphatic rings. The van der Waals surface area contributed by atoms with E-state index < -0.39 is 0 Å². The summed E-state index contributed by atoms with van der Waals surface area (Å²) in [4.78, 5) is 4.22. The summed E-state index contributed by atoms with van der Waals surface area (Å²) in [6.07, 6.45) is 0. The molecular formula is C17H25ClIN5O. The maximum absolute atomic E-state index is 5.93. The van der Waals surface area contributed by atoms with Crippen LogP contribution >= 0.6 is 35.6 Å². The fourth-order valence-electron chi connectivity index (χ4n) is 2.36. The summed E-state index contributed by atoms with van der Waals surface area (Å²) in [7, 11) is 3.70. The smallest absolute Gasteiger partial charge is 0.191 e. The Hall–Kier alpha value is -1.48. The molecule has 25 heavy (non-hydrogen) atoms. The van der Waals surface area contributed by atoms with Crippen molar-refractivity contribution in [3.05, 3.63) is 46.2 Å². The molecule has 0 saturated carbocycles. The van der Waals surface area contributed by atoms with Gasteiger partial charge in [0.1, 0.15) is 12.4 Å². The van der Waals surface area contributed by atoms with Gasteiger partial charge in [0, 0.05) is 36.9 Å². The zero-order valence-corrected chi connectivity index (χ0v) is 18.1. The topological polar surface area (TPSA) is 63.5 Å². The monoisotopic (exact) mass is 477 g/mol. The van der Waals surface area contributed by atoms with Gasteiger partial charge in [-0.25, -0.2) is 0 Å². The molecule has 0 fully saturated rings. The fourth-order valence-corrected chi connectivity index (χ4v) is 2.54. The molecule has 8 heteroatoms. The summed E-state index contributed by atoms with van der Waals surface area (Å²) < 4.78 is 7.53. The van der Waals surface area contributed by atoms with Crippen LogP contribution in [0, 0.1) is 13.8 Å². The molecule has 1 heterocycles. The van der Waals surface area contributed by atoms with Crippen LogP contribution in [0.25, 0.3) is 0 Å². The lowest BCUT2D eigenvalue weighted by Crippen LogP contribution is -2.39. The van der Waals surface area contributed by atoms with Gasteiger partial charge in [0.15, 0.2) is 5.96 Å². The molecule has 0 aliphatic heterocycles. The number of benzene rings is 1. The van der Waals surface area contributed by atoms with Crippen molar-refractivity contribution in [1.82, 2.24) is 20.4 Å². The van der Waals surface area contributed by atoms with Crippen molar-refractivity contribution in [3.8, 4) is 5.75 Å². The zero-order valence-electron chi connectivity index (χ0n) is 15.0. The highest BCUT2D eigenvalue weighted by Crippen LogP contribution is 2.16. The number of nitrogens with zero attached hydrogens (tertiary/aromatic N) is 3. The molecule has 138 valence electrons. The molecule has 2 aromatic rings. The molecule has 0 aliphatic carbocycles. The first kappa shape index (κ1) is 21.6.